The molecular formula is C12H11NO3. The Morgan fingerprint density at radius 2 is 2.31 bits per heavy atom. The Bertz CT molecular complexity index is 458. The number of hydrogen-bond acceptors (Lipinski definition) is 4. The topological polar surface area (TPSA) is 59.3 Å². The zero-order valence-corrected chi connectivity index (χ0v) is 8.90. The van der Waals surface area contributed by atoms with Gasteiger partial charge in [-0.05, 0) is 25.1 Å². The van der Waals surface area contributed by atoms with Gasteiger partial charge in [-0.25, -0.2) is 0 Å². The van der Waals surface area contributed by atoms with Crippen molar-refractivity contribution in [3.8, 4) is 11.8 Å². The van der Waals surface area contributed by atoms with Crippen LogP contribution in [0.1, 0.15) is 22.8 Å². The van der Waals surface area contributed by atoms with Crippen molar-refractivity contribution in [3.05, 3.63) is 29.3 Å². The quantitative estimate of drug-likeness (QED) is 0.720. The van der Waals surface area contributed by atoms with Crippen molar-refractivity contribution in [3.63, 3.8) is 0 Å². The van der Waals surface area contributed by atoms with Gasteiger partial charge in [0.15, 0.2) is 5.78 Å². The number of Topliss-reactive ketones (excluding diaryl/α,β-unsaturated/α-hetero) is 1. The van der Waals surface area contributed by atoms with Gasteiger partial charge >= 0.3 is 0 Å². The van der Waals surface area contributed by atoms with Crippen LogP contribution in [0.4, 0.5) is 0 Å². The van der Waals surface area contributed by atoms with Gasteiger partial charge in [-0.2, -0.15) is 5.26 Å². The predicted octanol–water partition coefficient (Wildman–Crippen LogP) is 1.54. The van der Waals surface area contributed by atoms with Crippen LogP contribution in [0.3, 0.4) is 0 Å². The van der Waals surface area contributed by atoms with E-state index in [-0.39, 0.29) is 11.9 Å². The molecule has 0 saturated carbocycles. The van der Waals surface area contributed by atoms with Crippen LogP contribution in [0.25, 0.3) is 0 Å². The molecule has 1 heterocycles. The summed E-state index contributed by atoms with van der Waals surface area (Å²) < 4.78 is 10.6. The Morgan fingerprint density at radius 1 is 1.56 bits per heavy atom. The molecule has 0 bridgehead atoms. The summed E-state index contributed by atoms with van der Waals surface area (Å²) in [6.07, 6.45) is -0.00737. The van der Waals surface area contributed by atoms with Gasteiger partial charge in [-0.1, -0.05) is 0 Å². The molecule has 0 radical (unpaired) electrons. The van der Waals surface area contributed by atoms with E-state index in [9.17, 15) is 4.79 Å². The van der Waals surface area contributed by atoms with Gasteiger partial charge in [0.05, 0.1) is 30.4 Å². The van der Waals surface area contributed by atoms with Crippen LogP contribution in [0.2, 0.25) is 0 Å². The average molecular weight is 217 g/mol. The molecule has 4 nitrogen and oxygen atoms in total. The zero-order chi connectivity index (χ0) is 11.5. The van der Waals surface area contributed by atoms with Crippen LogP contribution in [-0.2, 0) is 4.74 Å². The third-order valence-corrected chi connectivity index (χ3v) is 2.39. The van der Waals surface area contributed by atoms with Crippen molar-refractivity contribution in [1.82, 2.24) is 0 Å². The second-order valence-electron chi connectivity index (χ2n) is 3.66. The lowest BCUT2D eigenvalue weighted by atomic mass is 10.1. The number of nitrogens with zero attached hydrogens (tertiary/aromatic N) is 1. The Hall–Kier alpha value is -1.86. The van der Waals surface area contributed by atoms with Gasteiger partial charge in [0.1, 0.15) is 11.9 Å². The van der Waals surface area contributed by atoms with E-state index < -0.39 is 0 Å². The Labute approximate surface area is 93.4 Å². The minimum atomic E-state index is -0.0697. The second kappa shape index (κ2) is 4.33. The highest BCUT2D eigenvalue weighted by atomic mass is 16.6. The van der Waals surface area contributed by atoms with E-state index in [1.54, 1.807) is 18.2 Å². The third-order valence-electron chi connectivity index (χ3n) is 2.39. The molecule has 1 aliphatic rings. The normalized spacial score (nSPS) is 15.0. The highest BCUT2D eigenvalue weighted by Gasteiger charge is 2.22. The molecule has 0 amide bonds. The second-order valence-corrected chi connectivity index (χ2v) is 3.66. The Morgan fingerprint density at radius 3 is 2.81 bits per heavy atom. The lowest BCUT2D eigenvalue weighted by Crippen LogP contribution is -2.38. The molecule has 0 N–H and O–H groups in total. The maximum Gasteiger partial charge on any atom is 0.163 e. The van der Waals surface area contributed by atoms with E-state index in [4.69, 9.17) is 14.7 Å². The molecular weight excluding hydrogens is 206 g/mol. The molecule has 1 aromatic rings. The lowest BCUT2D eigenvalue weighted by Gasteiger charge is -2.27. The first-order chi connectivity index (χ1) is 7.70. The van der Waals surface area contributed by atoms with Crippen LogP contribution in [0, 0.1) is 11.3 Å². The van der Waals surface area contributed by atoms with E-state index in [1.165, 1.54) is 6.92 Å². The van der Waals surface area contributed by atoms with Crippen LogP contribution in [0.15, 0.2) is 18.2 Å². The highest BCUT2D eigenvalue weighted by Crippen LogP contribution is 2.23. The van der Waals surface area contributed by atoms with Crippen molar-refractivity contribution >= 4 is 5.78 Å². The van der Waals surface area contributed by atoms with Gasteiger partial charge < -0.3 is 9.47 Å². The van der Waals surface area contributed by atoms with Gasteiger partial charge in [0.25, 0.3) is 0 Å². The first-order valence-corrected chi connectivity index (χ1v) is 5.00. The minimum absolute atomic E-state index is 0.00737. The molecule has 1 aliphatic heterocycles. The van der Waals surface area contributed by atoms with Crippen molar-refractivity contribution in [1.29, 1.82) is 5.26 Å². The SMILES string of the molecule is CC(=O)c1ccc(C#N)cc1OC1COC1. The number of nitriles is 1. The molecule has 2 rings (SSSR count). The molecule has 0 spiro atoms. The van der Waals surface area contributed by atoms with E-state index in [0.29, 0.717) is 30.1 Å². The maximum atomic E-state index is 11.4. The van der Waals surface area contributed by atoms with E-state index in [2.05, 4.69) is 0 Å². The van der Waals surface area contributed by atoms with Crippen LogP contribution < -0.4 is 4.74 Å². The fraction of sp³-hybridized carbons (Fsp3) is 0.333. The average Bonchev–Trinajstić information content (AvgIpc) is 2.22. The summed E-state index contributed by atoms with van der Waals surface area (Å²) in [7, 11) is 0. The van der Waals surface area contributed by atoms with Gasteiger partial charge in [-0.3, -0.25) is 4.79 Å². The molecule has 1 fully saturated rings. The first kappa shape index (κ1) is 10.7. The van der Waals surface area contributed by atoms with E-state index in [0.717, 1.165) is 0 Å². The summed E-state index contributed by atoms with van der Waals surface area (Å²) >= 11 is 0. The largest absolute Gasteiger partial charge is 0.485 e. The molecule has 0 unspecified atom stereocenters. The number of hydrogen-bond donors (Lipinski definition) is 0. The van der Waals surface area contributed by atoms with Crippen molar-refractivity contribution in [2.24, 2.45) is 0 Å². The summed E-state index contributed by atoms with van der Waals surface area (Å²) in [5.41, 5.74) is 0.992. The van der Waals surface area contributed by atoms with Gasteiger partial charge in [0, 0.05) is 0 Å². The molecule has 0 aromatic heterocycles. The highest BCUT2D eigenvalue weighted by molar-refractivity contribution is 5.97. The summed E-state index contributed by atoms with van der Waals surface area (Å²) in [5, 5.41) is 8.78. The minimum Gasteiger partial charge on any atom is -0.485 e. The van der Waals surface area contributed by atoms with Crippen LogP contribution in [-0.4, -0.2) is 25.1 Å². The van der Waals surface area contributed by atoms with Crippen molar-refractivity contribution in [2.75, 3.05) is 13.2 Å². The molecule has 16 heavy (non-hydrogen) atoms. The number of ketones is 1. The Balaban J connectivity index is 2.30. The fourth-order valence-electron chi connectivity index (χ4n) is 1.44. The van der Waals surface area contributed by atoms with Crippen molar-refractivity contribution < 1.29 is 14.3 Å². The van der Waals surface area contributed by atoms with E-state index in [1.807, 2.05) is 6.07 Å². The maximum absolute atomic E-state index is 11.4. The number of benzene rings is 1. The lowest BCUT2D eigenvalue weighted by molar-refractivity contribution is -0.0798. The molecule has 0 atom stereocenters. The summed E-state index contributed by atoms with van der Waals surface area (Å²) in [4.78, 5) is 11.4. The summed E-state index contributed by atoms with van der Waals surface area (Å²) in [6.45, 7) is 2.55. The molecule has 1 saturated heterocycles. The molecule has 82 valence electrons. The molecule has 0 aliphatic carbocycles. The van der Waals surface area contributed by atoms with E-state index >= 15 is 0 Å². The molecule has 4 heteroatoms. The number of ether oxygens (including phenoxy) is 2. The summed E-state index contributed by atoms with van der Waals surface area (Å²) in [6, 6.07) is 6.85. The summed E-state index contributed by atoms with van der Waals surface area (Å²) in [5.74, 6) is 0.402. The smallest absolute Gasteiger partial charge is 0.163 e. The van der Waals surface area contributed by atoms with Crippen LogP contribution in [0.5, 0.6) is 5.75 Å². The van der Waals surface area contributed by atoms with Crippen molar-refractivity contribution in [2.45, 2.75) is 13.0 Å². The number of rotatable bonds is 3. The third kappa shape index (κ3) is 2.05. The van der Waals surface area contributed by atoms with Crippen LogP contribution >= 0.6 is 0 Å². The monoisotopic (exact) mass is 217 g/mol. The fourth-order valence-corrected chi connectivity index (χ4v) is 1.44. The Kier molecular flexibility index (Phi) is 2.88. The standard InChI is InChI=1S/C12H11NO3/c1-8(14)11-3-2-9(5-13)4-12(11)16-10-6-15-7-10/h2-4,10H,6-7H2,1H3. The van der Waals surface area contributed by atoms with Gasteiger partial charge in [-0.15, -0.1) is 0 Å². The number of carbonyl (C=O) groups excluding carboxylic acids is 1. The molecule has 1 aromatic carbocycles. The zero-order valence-electron chi connectivity index (χ0n) is 8.90. The first-order valence-electron chi connectivity index (χ1n) is 5.00. The van der Waals surface area contributed by atoms with Gasteiger partial charge in [0.2, 0.25) is 0 Å². The number of carbonyl (C=O) groups is 1. The predicted molar refractivity (Wildman–Crippen MR) is 56.4 cm³/mol.